The minimum absolute atomic E-state index is 0.0448. The van der Waals surface area contributed by atoms with Gasteiger partial charge in [0.05, 0.1) is 34.4 Å². The van der Waals surface area contributed by atoms with E-state index >= 15 is 0 Å². The first-order chi connectivity index (χ1) is 8.95. The summed E-state index contributed by atoms with van der Waals surface area (Å²) in [5.74, 6) is -1.78. The molecule has 0 bridgehead atoms. The molecule has 2 atom stereocenters. The van der Waals surface area contributed by atoms with Gasteiger partial charge in [-0.1, -0.05) is 0 Å². The van der Waals surface area contributed by atoms with Gasteiger partial charge in [-0.2, -0.15) is 0 Å². The van der Waals surface area contributed by atoms with E-state index in [-0.39, 0.29) is 6.61 Å². The second kappa shape index (κ2) is 9.00. The highest BCUT2D eigenvalue weighted by atomic mass is 31.2. The first-order valence-electron chi connectivity index (χ1n) is 5.23. The quantitative estimate of drug-likeness (QED) is 0.265. The average molecular weight is 300 g/mol. The second-order valence-corrected chi connectivity index (χ2v) is 5.08. The van der Waals surface area contributed by atoms with Crippen LogP contribution in [0.15, 0.2) is 0 Å². The number of methoxy groups -OCH3 is 2. The van der Waals surface area contributed by atoms with Crippen LogP contribution < -0.4 is 0 Å². The van der Waals surface area contributed by atoms with Gasteiger partial charge in [-0.25, -0.2) is 9.78 Å². The minimum atomic E-state index is -4.21. The van der Waals surface area contributed by atoms with Crippen LogP contribution in [0.4, 0.5) is 0 Å². The van der Waals surface area contributed by atoms with Crippen LogP contribution >= 0.6 is 7.60 Å². The number of rotatable bonds is 9. The Kier molecular flexibility index (Phi) is 8.53. The van der Waals surface area contributed by atoms with E-state index in [1.165, 1.54) is 0 Å². The van der Waals surface area contributed by atoms with Gasteiger partial charge in [-0.3, -0.25) is 14.2 Å². The summed E-state index contributed by atoms with van der Waals surface area (Å²) in [5, 5.41) is 0. The van der Waals surface area contributed by atoms with E-state index in [2.05, 4.69) is 28.6 Å². The lowest BCUT2D eigenvalue weighted by Crippen LogP contribution is -2.28. The lowest BCUT2D eigenvalue weighted by molar-refractivity contribution is -0.255. The fourth-order valence-corrected chi connectivity index (χ4v) is 2.48. The molecule has 9 nitrogen and oxygen atoms in total. The summed E-state index contributed by atoms with van der Waals surface area (Å²) in [6.07, 6.45) is -0.573. The monoisotopic (exact) mass is 300 g/mol. The average Bonchev–Trinajstić information content (AvgIpc) is 2.41. The van der Waals surface area contributed by atoms with Gasteiger partial charge in [0.25, 0.3) is 0 Å². The van der Waals surface area contributed by atoms with E-state index in [9.17, 15) is 14.2 Å². The molecule has 0 fully saturated rings. The van der Waals surface area contributed by atoms with Crippen LogP contribution in [0.5, 0.6) is 0 Å². The predicted molar refractivity (Wildman–Crippen MR) is 60.8 cm³/mol. The number of ether oxygens (including phenoxy) is 2. The highest BCUT2D eigenvalue weighted by Crippen LogP contribution is 2.55. The zero-order chi connectivity index (χ0) is 14.9. The van der Waals surface area contributed by atoms with E-state index in [1.54, 1.807) is 6.92 Å². The topological polar surface area (TPSA) is 107 Å². The lowest BCUT2D eigenvalue weighted by Gasteiger charge is -2.21. The first-order valence-corrected chi connectivity index (χ1v) is 6.84. The molecule has 0 N–H and O–H groups in total. The van der Waals surface area contributed by atoms with Gasteiger partial charge >= 0.3 is 19.5 Å². The van der Waals surface area contributed by atoms with Crippen molar-refractivity contribution in [2.75, 3.05) is 27.9 Å². The molecule has 0 amide bonds. The number of esters is 2. The molecule has 0 radical (unpaired) electrons. The van der Waals surface area contributed by atoms with Crippen LogP contribution in [0.3, 0.4) is 0 Å². The van der Waals surface area contributed by atoms with Gasteiger partial charge in [-0.05, 0) is 6.92 Å². The van der Waals surface area contributed by atoms with Crippen molar-refractivity contribution >= 4 is 19.5 Å². The van der Waals surface area contributed by atoms with Gasteiger partial charge < -0.3 is 9.47 Å². The Morgan fingerprint density at radius 2 is 1.74 bits per heavy atom. The van der Waals surface area contributed by atoms with E-state index in [4.69, 9.17) is 0 Å². The largest absolute Gasteiger partial charge is 0.469 e. The van der Waals surface area contributed by atoms with Crippen molar-refractivity contribution < 1.29 is 42.8 Å². The summed E-state index contributed by atoms with van der Waals surface area (Å²) in [6, 6.07) is 0. The Balaban J connectivity index is 5.17. The fourth-order valence-electron chi connectivity index (χ4n) is 1.05. The molecule has 0 aliphatic heterocycles. The lowest BCUT2D eigenvalue weighted by atomic mass is 10.3. The summed E-state index contributed by atoms with van der Waals surface area (Å²) in [5.41, 5.74) is -1.56. The molecule has 0 aromatic rings. The molecule has 0 spiro atoms. The molecule has 0 aliphatic carbocycles. The summed E-state index contributed by atoms with van der Waals surface area (Å²) >= 11 is 0. The van der Waals surface area contributed by atoms with Gasteiger partial charge in [-0.15, -0.1) is 9.35 Å². The highest BCUT2D eigenvalue weighted by Gasteiger charge is 2.46. The van der Waals surface area contributed by atoms with Crippen molar-refractivity contribution in [3.05, 3.63) is 0 Å². The molecular weight excluding hydrogens is 283 g/mol. The Labute approximate surface area is 110 Å². The molecule has 0 heterocycles. The minimum Gasteiger partial charge on any atom is -0.469 e. The summed E-state index contributed by atoms with van der Waals surface area (Å²) in [6.45, 7) is 1.60. The SMILES string of the molecule is CCOOP(=O)(OOC)C(CC(=O)OC)C(=O)OC. The van der Waals surface area contributed by atoms with Crippen molar-refractivity contribution in [1.29, 1.82) is 0 Å². The maximum absolute atomic E-state index is 12.3. The van der Waals surface area contributed by atoms with Gasteiger partial charge in [0, 0.05) is 0 Å². The smallest absolute Gasteiger partial charge is 0.398 e. The molecule has 19 heavy (non-hydrogen) atoms. The molecule has 10 heteroatoms. The normalized spacial score (nSPS) is 15.4. The van der Waals surface area contributed by atoms with Crippen LogP contribution in [0.25, 0.3) is 0 Å². The van der Waals surface area contributed by atoms with Gasteiger partial charge in [0.2, 0.25) is 0 Å². The standard InChI is InChI=1S/C9H17O9P/c1-5-16-18-19(12,17-15-4)7(9(11)14-3)6-8(10)13-2/h7H,5-6H2,1-4H3. The Morgan fingerprint density at radius 1 is 1.11 bits per heavy atom. The summed E-state index contributed by atoms with van der Waals surface area (Å²) in [4.78, 5) is 31.6. The zero-order valence-electron chi connectivity index (χ0n) is 11.1. The zero-order valence-corrected chi connectivity index (χ0v) is 12.0. The summed E-state index contributed by atoms with van der Waals surface area (Å²) < 4.78 is 30.2. The summed E-state index contributed by atoms with van der Waals surface area (Å²) in [7, 11) is -0.968. The number of hydrogen-bond donors (Lipinski definition) is 0. The maximum Gasteiger partial charge on any atom is 0.398 e. The molecule has 0 aromatic carbocycles. The van der Waals surface area contributed by atoms with E-state index < -0.39 is 31.6 Å². The molecule has 0 aliphatic rings. The first kappa shape index (κ1) is 18.0. The van der Waals surface area contributed by atoms with Crippen molar-refractivity contribution in [2.24, 2.45) is 0 Å². The Morgan fingerprint density at radius 3 is 2.16 bits per heavy atom. The molecule has 0 saturated carbocycles. The highest BCUT2D eigenvalue weighted by molar-refractivity contribution is 7.55. The Hall–Kier alpha value is -0.990. The van der Waals surface area contributed by atoms with Crippen molar-refractivity contribution in [3.63, 3.8) is 0 Å². The van der Waals surface area contributed by atoms with E-state index in [1.807, 2.05) is 0 Å². The van der Waals surface area contributed by atoms with Gasteiger partial charge in [0.1, 0.15) is 0 Å². The van der Waals surface area contributed by atoms with Crippen LogP contribution in [0.1, 0.15) is 13.3 Å². The third kappa shape index (κ3) is 5.66. The Bertz CT molecular complexity index is 343. The number of carbonyl (C=O) groups excluding carboxylic acids is 2. The second-order valence-electron chi connectivity index (χ2n) is 3.08. The molecular formula is C9H17O9P. The van der Waals surface area contributed by atoms with Crippen molar-refractivity contribution in [3.8, 4) is 0 Å². The van der Waals surface area contributed by atoms with Crippen molar-refractivity contribution in [2.45, 2.75) is 19.0 Å². The van der Waals surface area contributed by atoms with E-state index in [0.717, 1.165) is 21.3 Å². The van der Waals surface area contributed by atoms with Crippen LogP contribution in [0, 0.1) is 0 Å². The van der Waals surface area contributed by atoms with Crippen LogP contribution in [0.2, 0.25) is 0 Å². The van der Waals surface area contributed by atoms with Crippen LogP contribution in [-0.2, 0) is 42.8 Å². The number of hydrogen-bond acceptors (Lipinski definition) is 9. The van der Waals surface area contributed by atoms with Gasteiger partial charge in [0.15, 0.2) is 5.66 Å². The predicted octanol–water partition coefficient (Wildman–Crippen LogP) is 0.830. The molecule has 2 unspecified atom stereocenters. The number of carbonyl (C=O) groups is 2. The molecule has 112 valence electrons. The van der Waals surface area contributed by atoms with E-state index in [0.29, 0.717) is 0 Å². The molecule has 0 aromatic heterocycles. The third-order valence-corrected chi connectivity index (χ3v) is 3.72. The maximum atomic E-state index is 12.3. The van der Waals surface area contributed by atoms with Crippen molar-refractivity contribution in [1.82, 2.24) is 0 Å². The molecule has 0 saturated heterocycles. The molecule has 0 rings (SSSR count). The van der Waals surface area contributed by atoms with Crippen LogP contribution in [-0.4, -0.2) is 45.5 Å². The fraction of sp³-hybridized carbons (Fsp3) is 0.778. The third-order valence-electron chi connectivity index (χ3n) is 1.90.